The highest BCUT2D eigenvalue weighted by Gasteiger charge is 2.19. The van der Waals surface area contributed by atoms with Crippen LogP contribution in [0.1, 0.15) is 68.1 Å². The van der Waals surface area contributed by atoms with Gasteiger partial charge in [-0.3, -0.25) is 5.43 Å². The number of aliphatic carboxylic acids is 1. The number of carbonyl (C=O) groups is 4. The van der Waals surface area contributed by atoms with E-state index in [0.29, 0.717) is 112 Å². The highest BCUT2D eigenvalue weighted by Crippen LogP contribution is 2.24. The van der Waals surface area contributed by atoms with E-state index in [1.807, 2.05) is 11.8 Å². The number of hydrazine groups is 3. The van der Waals surface area contributed by atoms with Crippen LogP contribution in [-0.4, -0.2) is 164 Å². The van der Waals surface area contributed by atoms with Crippen LogP contribution in [0.15, 0.2) is 24.8 Å². The minimum Gasteiger partial charge on any atom is -0.472 e. The summed E-state index contributed by atoms with van der Waals surface area (Å²) >= 11 is 22.8. The molecule has 94 heavy (non-hydrogen) atoms. The van der Waals surface area contributed by atoms with Gasteiger partial charge in [0.05, 0.1) is 78.6 Å². The molecule has 17 N–H and O–H groups in total. The van der Waals surface area contributed by atoms with Crippen molar-refractivity contribution in [3.05, 3.63) is 30.6 Å². The Bertz CT molecular complexity index is 4330. The number of carbonyl (C=O) groups excluding carboxylic acids is 3. The van der Waals surface area contributed by atoms with Crippen molar-refractivity contribution in [1.82, 2.24) is 99.5 Å². The van der Waals surface area contributed by atoms with Crippen molar-refractivity contribution in [3.8, 4) is 47.4 Å². The second-order valence-corrected chi connectivity index (χ2v) is 20.3. The van der Waals surface area contributed by atoms with Gasteiger partial charge in [0.1, 0.15) is 5.60 Å². The molecule has 0 saturated heterocycles. The van der Waals surface area contributed by atoms with Crippen LogP contribution in [-0.2, 0) is 50.0 Å². The molecule has 0 aromatic carbocycles. The van der Waals surface area contributed by atoms with Gasteiger partial charge in [0.15, 0.2) is 51.9 Å². The Kier molecular flexibility index (Phi) is 30.2. The molecule has 0 aliphatic rings. The maximum atomic E-state index is 11.7. The molecule has 500 valence electrons. The van der Waals surface area contributed by atoms with Crippen molar-refractivity contribution in [1.29, 1.82) is 0 Å². The molecular weight excluding hydrogens is 1310 g/mol. The number of aromatic nitrogens is 18. The number of fused-ring (bicyclic) bond motifs is 6. The summed E-state index contributed by atoms with van der Waals surface area (Å²) in [6.45, 7) is 17.0. The Balaban J connectivity index is 0.000000248. The number of rotatable bonds is 15. The fourth-order valence-corrected chi connectivity index (χ4v) is 7.70. The van der Waals surface area contributed by atoms with Gasteiger partial charge in [0, 0.05) is 35.4 Å². The van der Waals surface area contributed by atoms with Crippen LogP contribution in [0, 0.1) is 47.4 Å². The van der Waals surface area contributed by atoms with Gasteiger partial charge in [-0.1, -0.05) is 23.7 Å². The van der Waals surface area contributed by atoms with E-state index in [0.717, 1.165) is 10.8 Å². The Morgan fingerprint density at radius 3 is 1.46 bits per heavy atom. The molecule has 41 heteroatoms. The van der Waals surface area contributed by atoms with Gasteiger partial charge in [-0.2, -0.15) is 70.2 Å². The smallest absolute Gasteiger partial charge is 0.472 e. The number of ether oxygens (including phenoxy) is 3. The van der Waals surface area contributed by atoms with E-state index < -0.39 is 36.0 Å². The summed E-state index contributed by atoms with van der Waals surface area (Å²) in [7, 11) is 0. The Morgan fingerprint density at radius 2 is 1.05 bits per heavy atom. The first kappa shape index (κ1) is 75.7. The summed E-state index contributed by atoms with van der Waals surface area (Å²) in [5, 5.41) is 40.8. The van der Waals surface area contributed by atoms with Crippen LogP contribution in [0.3, 0.4) is 0 Å². The van der Waals surface area contributed by atoms with Gasteiger partial charge in [0.25, 0.3) is 0 Å². The number of aliphatic hydroxyl groups is 1. The van der Waals surface area contributed by atoms with Crippen molar-refractivity contribution in [2.24, 2.45) is 5.84 Å². The number of nitrogen functional groups attached to an aromatic ring is 5. The van der Waals surface area contributed by atoms with Crippen LogP contribution in [0.25, 0.3) is 49.8 Å². The topological polar surface area (TPSA) is 518 Å². The van der Waals surface area contributed by atoms with Crippen LogP contribution < -0.4 is 55.9 Å². The third-order valence-corrected chi connectivity index (χ3v) is 11.1. The van der Waals surface area contributed by atoms with Crippen molar-refractivity contribution in [2.45, 2.75) is 106 Å². The molecule has 9 aromatic heterocycles. The number of hydrogen-bond donors (Lipinski definition) is 12. The molecule has 1 atom stereocenters. The number of amides is 1. The van der Waals surface area contributed by atoms with Crippen LogP contribution in [0.5, 0.6) is 0 Å². The SMILES string of the molecule is CC#CC(=O)O.CC#CC(=O)OC(=O)OC(C)C.CC#CC(O)NNc1nc(N)nc2c1cnn2CCCl.CC#Cc1nc2c3cnn(CCCl)c3nc(N)n2n1.CC(C)(C)OC(=O)NNc1nc(N)nc2c1cnn2CCCl.NNc1nc(N)nc2c1cnn2CCCl. The maximum Gasteiger partial charge on any atom is 0.517 e. The van der Waals surface area contributed by atoms with Crippen LogP contribution in [0.4, 0.5) is 50.8 Å². The summed E-state index contributed by atoms with van der Waals surface area (Å²) in [5.41, 5.74) is 38.0. The number of anilines is 7. The number of aryl methyl sites for hydroxylation is 4. The van der Waals surface area contributed by atoms with E-state index in [1.54, 1.807) is 92.0 Å². The lowest BCUT2D eigenvalue weighted by Crippen LogP contribution is -2.36. The van der Waals surface area contributed by atoms with Crippen LogP contribution in [0.2, 0.25) is 0 Å². The van der Waals surface area contributed by atoms with E-state index in [4.69, 9.17) is 85.0 Å². The van der Waals surface area contributed by atoms with E-state index in [-0.39, 0.29) is 29.9 Å². The first-order chi connectivity index (χ1) is 44.8. The highest BCUT2D eigenvalue weighted by molar-refractivity contribution is 6.18. The minimum atomic E-state index is -1.07. The molecule has 0 aliphatic heterocycles. The normalized spacial score (nSPS) is 10.6. The van der Waals surface area contributed by atoms with Crippen molar-refractivity contribution in [2.75, 3.05) is 62.7 Å². The third-order valence-electron chi connectivity index (χ3n) is 10.5. The zero-order chi connectivity index (χ0) is 69.7. The maximum absolute atomic E-state index is 11.7. The number of halogens is 4. The Morgan fingerprint density at radius 1 is 0.606 bits per heavy atom. The number of aliphatic hydroxyl groups excluding tert-OH is 1. The molecule has 0 fully saturated rings. The fraction of sp³-hybridized carbons (Fsp3) is 0.377. The summed E-state index contributed by atoms with van der Waals surface area (Å²) in [5.74, 6) is 26.2. The predicted molar refractivity (Wildman–Crippen MR) is 352 cm³/mol. The largest absolute Gasteiger partial charge is 0.517 e. The van der Waals surface area contributed by atoms with E-state index in [9.17, 15) is 24.3 Å². The number of alkyl halides is 4. The van der Waals surface area contributed by atoms with E-state index in [2.05, 4.69) is 137 Å². The lowest BCUT2D eigenvalue weighted by Gasteiger charge is -2.20. The molecule has 9 aromatic rings. The van der Waals surface area contributed by atoms with Gasteiger partial charge >= 0.3 is 24.2 Å². The molecule has 37 nitrogen and oxygen atoms in total. The second kappa shape index (κ2) is 37.5. The summed E-state index contributed by atoms with van der Waals surface area (Å²) in [4.78, 5) is 75.2. The number of nitrogens with zero attached hydrogens (tertiary/aromatic N) is 18. The van der Waals surface area contributed by atoms with Gasteiger partial charge < -0.3 is 58.2 Å². The van der Waals surface area contributed by atoms with E-state index in [1.165, 1.54) is 18.4 Å². The molecule has 0 spiro atoms. The number of carboxylic acids is 1. The molecular formula is C53H66Cl4N28O9. The van der Waals surface area contributed by atoms with Crippen molar-refractivity contribution >= 4 is 162 Å². The number of nitrogens with one attached hydrogen (secondary N) is 5. The highest BCUT2D eigenvalue weighted by atomic mass is 35.5. The van der Waals surface area contributed by atoms with Crippen LogP contribution >= 0.6 is 46.4 Å². The zero-order valence-electron chi connectivity index (χ0n) is 51.8. The predicted octanol–water partition coefficient (Wildman–Crippen LogP) is 3.20. The molecule has 1 amide bonds. The number of carboxylic acid groups (broad SMARTS) is 1. The monoisotopic (exact) mass is 1380 g/mol. The molecule has 9 rings (SSSR count). The van der Waals surface area contributed by atoms with E-state index >= 15 is 0 Å². The molecule has 0 bridgehead atoms. The zero-order valence-corrected chi connectivity index (χ0v) is 54.8. The second-order valence-electron chi connectivity index (χ2n) is 18.8. The molecule has 1 unspecified atom stereocenters. The standard InChI is InChI=1S/C12H18ClN7O2.C11H14ClN7O.C11H10ClN7.C8H10O4.C7H10ClN7.C4H4O2/c1-12(2,3)22-11(21)19-18-8-7-6-15-20(5-4-13)9(7)17-10(14)16-8;1-2-3-8(20)17-18-9-7-6-14-19(5-4-12)10(7)16-11(13)15-9;1-2-3-8-15-10-7-6-14-18(5-4-12)9(7)16-11(13)19(10)17-8;1-4-5-7(9)12-8(10)11-6(2)3;8-1-2-15-6-4(3-11-15)5(14-10)12-7(9)13-6;1-2-3-4(5)6/h6H,4-5H2,1-3H3,(H,19,21)(H3,14,16,17,18);6,8,17,20H,4-5H2,1H3,(H3,13,15,16,18);6H,4-5H2,1H3,(H2,13,16);6H,1-3H3;3H,1-2,10H2,(H3,9,12,13,14);1H3,(H,5,6). The number of esters is 1. The lowest BCUT2D eigenvalue weighted by atomic mass is 10.2. The lowest BCUT2D eigenvalue weighted by molar-refractivity contribution is -0.134. The molecule has 0 aliphatic carbocycles. The summed E-state index contributed by atoms with van der Waals surface area (Å²) in [6, 6.07) is 0. The molecule has 0 saturated carbocycles. The van der Waals surface area contributed by atoms with Gasteiger partial charge in [-0.15, -0.1) is 57.4 Å². The average Bonchev–Trinajstić information content (AvgIpc) is 1.63. The Labute approximate surface area is 555 Å². The summed E-state index contributed by atoms with van der Waals surface area (Å²) in [6.07, 6.45) is 3.49. The first-order valence-corrected chi connectivity index (χ1v) is 29.3. The quantitative estimate of drug-likeness (QED) is 0.0102. The van der Waals surface area contributed by atoms with Gasteiger partial charge in [0.2, 0.25) is 29.6 Å². The minimum absolute atomic E-state index is 0.0531. The number of nitrogens with two attached hydrogens (primary N) is 5. The number of hydrogen-bond acceptors (Lipinski definition) is 30. The Hall–Kier alpha value is -10.8. The first-order valence-electron chi connectivity index (χ1n) is 27.1. The third kappa shape index (κ3) is 23.2. The molecule has 0 radical (unpaired) electrons. The molecule has 9 heterocycles. The van der Waals surface area contributed by atoms with Gasteiger partial charge in [-0.25, -0.2) is 49.2 Å². The van der Waals surface area contributed by atoms with Gasteiger partial charge in [-0.05, 0) is 68.2 Å². The van der Waals surface area contributed by atoms with Crippen molar-refractivity contribution in [3.63, 3.8) is 0 Å². The van der Waals surface area contributed by atoms with Crippen molar-refractivity contribution < 1.29 is 43.6 Å². The average molecular weight is 1380 g/mol. The summed E-state index contributed by atoms with van der Waals surface area (Å²) < 4.78 is 21.8. The fourth-order valence-electron chi connectivity index (χ4n) is 7.06.